The third-order valence-electron chi connectivity index (χ3n) is 4.52. The fourth-order valence-electron chi connectivity index (χ4n) is 3.01. The van der Waals surface area contributed by atoms with Crippen molar-refractivity contribution < 1.29 is 14.6 Å². The van der Waals surface area contributed by atoms with Crippen LogP contribution in [-0.2, 0) is 0 Å². The molecule has 0 heterocycles. The Morgan fingerprint density at radius 1 is 0.846 bits per heavy atom. The van der Waals surface area contributed by atoms with E-state index in [1.54, 1.807) is 30.3 Å². The fourth-order valence-corrected chi connectivity index (χ4v) is 3.01. The molecular weight excluding hydrogens is 324 g/mol. The Hall–Kier alpha value is -2.29. The third kappa shape index (κ3) is 6.21. The van der Waals surface area contributed by atoms with Gasteiger partial charge in [-0.25, -0.2) is 0 Å². The van der Waals surface area contributed by atoms with Crippen molar-refractivity contribution in [3.8, 4) is 11.5 Å². The number of carbonyl (C=O) groups is 1. The molecule has 26 heavy (non-hydrogen) atoms. The molecule has 0 fully saturated rings. The van der Waals surface area contributed by atoms with E-state index in [-0.39, 0.29) is 11.5 Å². The average Bonchev–Trinajstić information content (AvgIpc) is 2.67. The summed E-state index contributed by atoms with van der Waals surface area (Å²) >= 11 is 0. The number of carbonyl (C=O) groups excluding carboxylic acids is 1. The molecule has 0 aliphatic heterocycles. The Labute approximate surface area is 157 Å². The molecule has 0 saturated heterocycles. The molecule has 0 atom stereocenters. The topological polar surface area (TPSA) is 46.5 Å². The Balaban J connectivity index is 1.85. The predicted molar refractivity (Wildman–Crippen MR) is 106 cm³/mol. The van der Waals surface area contributed by atoms with Gasteiger partial charge in [0.1, 0.15) is 0 Å². The maximum absolute atomic E-state index is 12.7. The molecule has 0 aliphatic rings. The zero-order valence-electron chi connectivity index (χ0n) is 15.7. The van der Waals surface area contributed by atoms with Gasteiger partial charge >= 0.3 is 0 Å². The van der Waals surface area contributed by atoms with Crippen molar-refractivity contribution in [3.63, 3.8) is 0 Å². The van der Waals surface area contributed by atoms with Crippen LogP contribution in [0.25, 0.3) is 0 Å². The van der Waals surface area contributed by atoms with Crippen molar-refractivity contribution in [1.29, 1.82) is 0 Å². The van der Waals surface area contributed by atoms with Crippen LogP contribution in [0.15, 0.2) is 48.5 Å². The van der Waals surface area contributed by atoms with Gasteiger partial charge in [-0.3, -0.25) is 4.79 Å². The van der Waals surface area contributed by atoms with Crippen LogP contribution in [-0.4, -0.2) is 17.5 Å². The molecule has 2 aromatic carbocycles. The second-order valence-electron chi connectivity index (χ2n) is 6.67. The number of ether oxygens (including phenoxy) is 1. The van der Waals surface area contributed by atoms with Gasteiger partial charge in [0.15, 0.2) is 17.3 Å². The standard InChI is InChI=1S/C23H30O3/c1-2-3-4-5-6-7-8-12-18-26-23-20(16-13-17-21(23)24)22(25)19-14-10-9-11-15-19/h9-11,13-17,24H,2-8,12,18H2,1H3. The molecule has 3 nitrogen and oxygen atoms in total. The molecular formula is C23H30O3. The molecule has 0 unspecified atom stereocenters. The van der Waals surface area contributed by atoms with Crippen LogP contribution in [0.1, 0.15) is 74.2 Å². The zero-order chi connectivity index (χ0) is 18.6. The molecule has 2 rings (SSSR count). The van der Waals surface area contributed by atoms with E-state index in [0.29, 0.717) is 23.5 Å². The third-order valence-corrected chi connectivity index (χ3v) is 4.52. The highest BCUT2D eigenvalue weighted by molar-refractivity contribution is 6.11. The maximum Gasteiger partial charge on any atom is 0.196 e. The molecule has 0 spiro atoms. The summed E-state index contributed by atoms with van der Waals surface area (Å²) in [5.74, 6) is 0.183. The number of phenolic OH excluding ortho intramolecular Hbond substituents is 1. The highest BCUT2D eigenvalue weighted by Crippen LogP contribution is 2.32. The number of phenols is 1. The van der Waals surface area contributed by atoms with Crippen LogP contribution >= 0.6 is 0 Å². The van der Waals surface area contributed by atoms with Crippen LogP contribution < -0.4 is 4.74 Å². The lowest BCUT2D eigenvalue weighted by Crippen LogP contribution is -2.06. The normalized spacial score (nSPS) is 10.7. The summed E-state index contributed by atoms with van der Waals surface area (Å²) < 4.78 is 5.78. The minimum Gasteiger partial charge on any atom is -0.504 e. The predicted octanol–water partition coefficient (Wildman–Crippen LogP) is 6.14. The van der Waals surface area contributed by atoms with Gasteiger partial charge in [0.25, 0.3) is 0 Å². The monoisotopic (exact) mass is 354 g/mol. The van der Waals surface area contributed by atoms with Crippen molar-refractivity contribution in [3.05, 3.63) is 59.7 Å². The van der Waals surface area contributed by atoms with Gasteiger partial charge in [0.2, 0.25) is 0 Å². The maximum atomic E-state index is 12.7. The van der Waals surface area contributed by atoms with E-state index in [1.165, 1.54) is 38.5 Å². The van der Waals surface area contributed by atoms with E-state index < -0.39 is 0 Å². The Kier molecular flexibility index (Phi) is 8.74. The first kappa shape index (κ1) is 20.0. The van der Waals surface area contributed by atoms with Gasteiger partial charge in [0.05, 0.1) is 12.2 Å². The highest BCUT2D eigenvalue weighted by atomic mass is 16.5. The quantitative estimate of drug-likeness (QED) is 0.368. The molecule has 0 aliphatic carbocycles. The van der Waals surface area contributed by atoms with Crippen molar-refractivity contribution in [2.45, 2.75) is 58.3 Å². The first-order valence-corrected chi connectivity index (χ1v) is 9.78. The number of hydrogen-bond donors (Lipinski definition) is 1. The van der Waals surface area contributed by atoms with Crippen LogP contribution in [0.2, 0.25) is 0 Å². The molecule has 0 amide bonds. The summed E-state index contributed by atoms with van der Waals surface area (Å²) in [5, 5.41) is 10.1. The van der Waals surface area contributed by atoms with Crippen LogP contribution in [0.3, 0.4) is 0 Å². The first-order valence-electron chi connectivity index (χ1n) is 9.78. The molecule has 0 saturated carbocycles. The van der Waals surface area contributed by atoms with Crippen LogP contribution in [0.5, 0.6) is 11.5 Å². The molecule has 0 bridgehead atoms. The molecule has 2 aromatic rings. The Bertz CT molecular complexity index is 664. The number of aromatic hydroxyl groups is 1. The summed E-state index contributed by atoms with van der Waals surface area (Å²) in [6, 6.07) is 14.0. The number of para-hydroxylation sites is 1. The second-order valence-corrected chi connectivity index (χ2v) is 6.67. The summed E-state index contributed by atoms with van der Waals surface area (Å²) in [5.41, 5.74) is 1.01. The van der Waals surface area contributed by atoms with E-state index in [4.69, 9.17) is 4.74 Å². The lowest BCUT2D eigenvalue weighted by Gasteiger charge is -2.12. The first-order chi connectivity index (χ1) is 12.7. The van der Waals surface area contributed by atoms with Gasteiger partial charge < -0.3 is 9.84 Å². The average molecular weight is 354 g/mol. The number of unbranched alkanes of at least 4 members (excludes halogenated alkanes) is 7. The van der Waals surface area contributed by atoms with Crippen molar-refractivity contribution in [2.75, 3.05) is 6.61 Å². The molecule has 0 radical (unpaired) electrons. The van der Waals surface area contributed by atoms with Crippen molar-refractivity contribution >= 4 is 5.78 Å². The molecule has 1 N–H and O–H groups in total. The summed E-state index contributed by atoms with van der Waals surface area (Å²) in [6.45, 7) is 2.74. The van der Waals surface area contributed by atoms with Gasteiger partial charge in [-0.2, -0.15) is 0 Å². The lowest BCUT2D eigenvalue weighted by molar-refractivity contribution is 0.103. The molecule has 0 aromatic heterocycles. The van der Waals surface area contributed by atoms with Crippen molar-refractivity contribution in [2.24, 2.45) is 0 Å². The van der Waals surface area contributed by atoms with E-state index >= 15 is 0 Å². The molecule has 140 valence electrons. The van der Waals surface area contributed by atoms with Crippen molar-refractivity contribution in [1.82, 2.24) is 0 Å². The van der Waals surface area contributed by atoms with Gasteiger partial charge in [0, 0.05) is 5.56 Å². The Morgan fingerprint density at radius 3 is 2.19 bits per heavy atom. The number of benzene rings is 2. The minimum absolute atomic E-state index is 0.0198. The number of hydrogen-bond acceptors (Lipinski definition) is 3. The van der Waals surface area contributed by atoms with Crippen LogP contribution in [0.4, 0.5) is 0 Å². The van der Waals surface area contributed by atoms with Crippen LogP contribution in [0, 0.1) is 0 Å². The smallest absolute Gasteiger partial charge is 0.196 e. The highest BCUT2D eigenvalue weighted by Gasteiger charge is 2.17. The SMILES string of the molecule is CCCCCCCCCCOc1c(O)cccc1C(=O)c1ccccc1. The van der Waals surface area contributed by atoms with E-state index in [9.17, 15) is 9.90 Å². The van der Waals surface area contributed by atoms with E-state index in [2.05, 4.69) is 6.92 Å². The lowest BCUT2D eigenvalue weighted by atomic mass is 10.0. The molecule has 3 heteroatoms. The fraction of sp³-hybridized carbons (Fsp3) is 0.435. The van der Waals surface area contributed by atoms with E-state index in [1.807, 2.05) is 18.2 Å². The number of ketones is 1. The Morgan fingerprint density at radius 2 is 1.50 bits per heavy atom. The summed E-state index contributed by atoms with van der Waals surface area (Å²) in [4.78, 5) is 12.7. The summed E-state index contributed by atoms with van der Waals surface area (Å²) in [6.07, 6.45) is 9.77. The summed E-state index contributed by atoms with van der Waals surface area (Å²) in [7, 11) is 0. The minimum atomic E-state index is -0.132. The zero-order valence-corrected chi connectivity index (χ0v) is 15.7. The largest absolute Gasteiger partial charge is 0.504 e. The van der Waals surface area contributed by atoms with E-state index in [0.717, 1.165) is 12.8 Å². The van der Waals surface area contributed by atoms with Gasteiger partial charge in [-0.05, 0) is 18.6 Å². The van der Waals surface area contributed by atoms with Gasteiger partial charge in [-0.1, -0.05) is 88.3 Å². The number of rotatable bonds is 12. The van der Waals surface area contributed by atoms with Gasteiger partial charge in [-0.15, -0.1) is 0 Å². The second kappa shape index (κ2) is 11.3.